The van der Waals surface area contributed by atoms with Gasteiger partial charge in [-0.25, -0.2) is 9.59 Å². The second kappa shape index (κ2) is 11.2. The summed E-state index contributed by atoms with van der Waals surface area (Å²) in [5, 5.41) is 5.01. The highest BCUT2D eigenvalue weighted by atomic mass is 35.5. The minimum Gasteiger partial charge on any atom is -0.539 e. The number of carbonyl (C=O) groups is 6. The molecule has 38 heavy (non-hydrogen) atoms. The molecule has 3 aliphatic rings. The van der Waals surface area contributed by atoms with Crippen LogP contribution in [-0.2, 0) is 33.4 Å². The number of nitrogens with one attached hydrogen (secondary N) is 2. The molecule has 0 bridgehead atoms. The number of carbonyl (C=O) groups excluding carboxylic acids is 6. The van der Waals surface area contributed by atoms with Crippen LogP contribution in [0.2, 0.25) is 0 Å². The molecule has 2 radical (unpaired) electrons. The topological polar surface area (TPSA) is 155 Å². The molecule has 0 aromatic heterocycles. The van der Waals surface area contributed by atoms with E-state index in [1.54, 1.807) is 37.3 Å². The van der Waals surface area contributed by atoms with Crippen molar-refractivity contribution in [1.82, 2.24) is 25.3 Å². The molecule has 198 valence electrons. The van der Waals surface area contributed by atoms with Gasteiger partial charge in [-0.15, -0.1) is 11.6 Å². The quantitative estimate of drug-likeness (QED) is 0.191. The average Bonchev–Trinajstić information content (AvgIpc) is 2.94. The van der Waals surface area contributed by atoms with Gasteiger partial charge in [-0.05, 0) is 12.5 Å². The van der Waals surface area contributed by atoms with Crippen molar-refractivity contribution in [3.63, 3.8) is 0 Å². The Morgan fingerprint density at radius 2 is 1.87 bits per heavy atom. The lowest BCUT2D eigenvalue weighted by molar-refractivity contribution is -0.184. The molecule has 3 heterocycles. The number of likely N-dealkylation sites (N-methyl/N-ethyl adjacent to an activating group) is 1. The highest BCUT2D eigenvalue weighted by Crippen LogP contribution is 2.34. The highest BCUT2D eigenvalue weighted by Gasteiger charge is 2.55. The van der Waals surface area contributed by atoms with E-state index in [9.17, 15) is 28.8 Å². The molecular formula is C23H23BClN5O8. The number of amides is 6. The Hall–Kier alpha value is -3.91. The number of hydrogen-bond acceptors (Lipinski definition) is 8. The maximum absolute atomic E-state index is 13.3. The Labute approximate surface area is 223 Å². The smallest absolute Gasteiger partial charge is 0.378 e. The third-order valence-electron chi connectivity index (χ3n) is 6.41. The molecule has 13 nitrogen and oxygen atoms in total. The molecule has 4 rings (SSSR count). The van der Waals surface area contributed by atoms with E-state index in [0.29, 0.717) is 12.1 Å². The summed E-state index contributed by atoms with van der Waals surface area (Å²) in [7, 11) is 4.99. The van der Waals surface area contributed by atoms with Gasteiger partial charge in [0.25, 0.3) is 5.91 Å². The number of halogens is 1. The number of benzene rings is 1. The highest BCUT2D eigenvalue weighted by molar-refractivity contribution is 6.38. The van der Waals surface area contributed by atoms with Crippen LogP contribution in [0, 0.1) is 0 Å². The second-order valence-electron chi connectivity index (χ2n) is 8.52. The van der Waals surface area contributed by atoms with Gasteiger partial charge in [-0.2, -0.15) is 0 Å². The summed E-state index contributed by atoms with van der Waals surface area (Å²) in [6, 6.07) is 4.66. The summed E-state index contributed by atoms with van der Waals surface area (Å²) >= 11 is 5.85. The van der Waals surface area contributed by atoms with Gasteiger partial charge in [0, 0.05) is 31.1 Å². The van der Waals surface area contributed by atoms with Crippen LogP contribution in [0.3, 0.4) is 0 Å². The first-order valence-electron chi connectivity index (χ1n) is 11.6. The fourth-order valence-electron chi connectivity index (χ4n) is 4.38. The standard InChI is InChI=1S/C23H23BClN5O8/c1-2-28-8-9-29(20(34)19(28)33)23(36)27-14(12-6-4-3-5-7-12)17(31)26-15-18(32)30-16(22(35)38-24)13(10-25)11-37-21(15)30/h3-7,14-15,21H,2,8-11H2,1H3,(H,26,31)(H,27,36)/t14-,15-,21-/m1/s1. The van der Waals surface area contributed by atoms with E-state index in [1.165, 1.54) is 4.90 Å². The molecule has 0 aliphatic carbocycles. The summed E-state index contributed by atoms with van der Waals surface area (Å²) in [5.74, 6) is -4.39. The first-order chi connectivity index (χ1) is 18.2. The average molecular weight is 544 g/mol. The van der Waals surface area contributed by atoms with Crippen LogP contribution < -0.4 is 10.6 Å². The molecule has 0 spiro atoms. The summed E-state index contributed by atoms with van der Waals surface area (Å²) in [6.07, 6.45) is -1.04. The molecule has 2 fully saturated rings. The maximum atomic E-state index is 13.3. The van der Waals surface area contributed by atoms with E-state index < -0.39 is 53.9 Å². The first kappa shape index (κ1) is 27.1. The van der Waals surface area contributed by atoms with Gasteiger partial charge in [0.05, 0.1) is 6.61 Å². The third-order valence-corrected chi connectivity index (χ3v) is 6.73. The lowest BCUT2D eigenvalue weighted by Gasteiger charge is -2.49. The summed E-state index contributed by atoms with van der Waals surface area (Å²) < 4.78 is 9.88. The number of urea groups is 1. The van der Waals surface area contributed by atoms with Crippen LogP contribution in [0.25, 0.3) is 0 Å². The number of piperazine rings is 1. The number of nitrogens with zero attached hydrogens (tertiary/aromatic N) is 3. The van der Waals surface area contributed by atoms with Crippen molar-refractivity contribution in [3.05, 3.63) is 47.2 Å². The SMILES string of the molecule is [B]OC(=O)C1=C(CCl)CO[C@@H]2[C@H](NC(=O)[C@H](NC(=O)N3CCN(CC)C(=O)C3=O)c3ccccc3)C(=O)N12. The van der Waals surface area contributed by atoms with Gasteiger partial charge in [-0.3, -0.25) is 29.0 Å². The van der Waals surface area contributed by atoms with Crippen molar-refractivity contribution >= 4 is 55.3 Å². The van der Waals surface area contributed by atoms with Crippen LogP contribution in [-0.4, -0.2) is 103 Å². The Bertz CT molecular complexity index is 1210. The molecule has 3 atom stereocenters. The van der Waals surface area contributed by atoms with Gasteiger partial charge < -0.3 is 24.9 Å². The number of β-lactam (4-membered cyclic amide) rings is 1. The largest absolute Gasteiger partial charge is 0.539 e. The van der Waals surface area contributed by atoms with E-state index in [1.807, 2.05) is 0 Å². The van der Waals surface area contributed by atoms with Crippen LogP contribution >= 0.6 is 11.6 Å². The second-order valence-corrected chi connectivity index (χ2v) is 8.79. The van der Waals surface area contributed by atoms with Gasteiger partial charge in [0.1, 0.15) is 11.7 Å². The molecule has 15 heteroatoms. The molecular weight excluding hydrogens is 521 g/mol. The predicted octanol–water partition coefficient (Wildman–Crippen LogP) is -1.07. The zero-order chi connectivity index (χ0) is 27.6. The van der Waals surface area contributed by atoms with Crippen molar-refractivity contribution in [1.29, 1.82) is 0 Å². The third kappa shape index (κ3) is 4.84. The van der Waals surface area contributed by atoms with E-state index in [4.69, 9.17) is 24.4 Å². The first-order valence-corrected chi connectivity index (χ1v) is 12.2. The summed E-state index contributed by atoms with van der Waals surface area (Å²) in [6.45, 7) is 2.04. The number of ether oxygens (including phenoxy) is 1. The Morgan fingerprint density at radius 3 is 2.50 bits per heavy atom. The Kier molecular flexibility index (Phi) is 8.02. The number of fused-ring (bicyclic) bond motifs is 1. The normalized spacial score (nSPS) is 21.9. The fraction of sp³-hybridized carbons (Fsp3) is 0.391. The minimum atomic E-state index is -1.33. The Balaban J connectivity index is 1.51. The van der Waals surface area contributed by atoms with Crippen molar-refractivity contribution in [3.8, 4) is 0 Å². The van der Waals surface area contributed by atoms with Crippen molar-refractivity contribution in [2.45, 2.75) is 25.2 Å². The maximum Gasteiger partial charge on any atom is 0.378 e. The summed E-state index contributed by atoms with van der Waals surface area (Å²) in [5.41, 5.74) is 0.485. The van der Waals surface area contributed by atoms with E-state index in [0.717, 1.165) is 9.80 Å². The zero-order valence-corrected chi connectivity index (χ0v) is 21.0. The molecule has 2 N–H and O–H groups in total. The van der Waals surface area contributed by atoms with Gasteiger partial charge >= 0.3 is 31.9 Å². The molecule has 3 aliphatic heterocycles. The van der Waals surface area contributed by atoms with Crippen LogP contribution in [0.4, 0.5) is 4.79 Å². The van der Waals surface area contributed by atoms with Gasteiger partial charge in [0.2, 0.25) is 5.91 Å². The van der Waals surface area contributed by atoms with Crippen molar-refractivity contribution < 1.29 is 38.2 Å². The van der Waals surface area contributed by atoms with Gasteiger partial charge in [0.15, 0.2) is 12.3 Å². The monoisotopic (exact) mass is 543 g/mol. The number of imide groups is 1. The van der Waals surface area contributed by atoms with E-state index >= 15 is 0 Å². The van der Waals surface area contributed by atoms with Crippen LogP contribution in [0.5, 0.6) is 0 Å². The van der Waals surface area contributed by atoms with Crippen LogP contribution in [0.15, 0.2) is 41.6 Å². The summed E-state index contributed by atoms with van der Waals surface area (Å²) in [4.78, 5) is 79.1. The van der Waals surface area contributed by atoms with Gasteiger partial charge in [-0.1, -0.05) is 30.3 Å². The molecule has 1 aromatic carbocycles. The van der Waals surface area contributed by atoms with E-state index in [2.05, 4.69) is 15.3 Å². The molecule has 6 amide bonds. The fourth-order valence-corrected chi connectivity index (χ4v) is 4.59. The van der Waals surface area contributed by atoms with Crippen molar-refractivity contribution in [2.75, 3.05) is 32.1 Å². The minimum absolute atomic E-state index is 0.0470. The molecule has 2 saturated heterocycles. The number of alkyl halides is 1. The lowest BCUT2D eigenvalue weighted by Crippen LogP contribution is -2.73. The lowest BCUT2D eigenvalue weighted by atomic mass is 9.97. The Morgan fingerprint density at radius 1 is 1.16 bits per heavy atom. The van der Waals surface area contributed by atoms with Crippen molar-refractivity contribution in [2.24, 2.45) is 0 Å². The number of rotatable bonds is 7. The molecule has 0 saturated carbocycles. The predicted molar refractivity (Wildman–Crippen MR) is 130 cm³/mol. The number of hydrogen-bond donors (Lipinski definition) is 2. The zero-order valence-electron chi connectivity index (χ0n) is 20.2. The van der Waals surface area contributed by atoms with E-state index in [-0.39, 0.29) is 36.8 Å². The molecule has 1 aromatic rings. The molecule has 0 unspecified atom stereocenters. The van der Waals surface area contributed by atoms with Crippen LogP contribution in [0.1, 0.15) is 18.5 Å².